The minimum atomic E-state index is 0.250. The van der Waals surface area contributed by atoms with E-state index in [1.807, 2.05) is 0 Å². The van der Waals surface area contributed by atoms with Crippen LogP contribution in [0.5, 0.6) is 0 Å². The highest BCUT2D eigenvalue weighted by Gasteiger charge is 2.01. The summed E-state index contributed by atoms with van der Waals surface area (Å²) in [5, 5.41) is 7.57. The normalized spacial score (nSPS) is 14.3. The summed E-state index contributed by atoms with van der Waals surface area (Å²) in [6.07, 6.45) is 0. The van der Waals surface area contributed by atoms with Crippen LogP contribution in [0.25, 0.3) is 0 Å². The largest absolute Gasteiger partial charge is 0.397 e. The number of amidine groups is 1. The molecule has 2 N–H and O–H groups in total. The van der Waals surface area contributed by atoms with Gasteiger partial charge in [0.2, 0.25) is 5.88 Å². The maximum Gasteiger partial charge on any atom is 0.240 e. The van der Waals surface area contributed by atoms with Crippen LogP contribution in [0, 0.1) is 0 Å². The Balaban J connectivity index is 0.000000236. The molecule has 0 spiro atoms. The third-order valence-corrected chi connectivity index (χ3v) is 0.609. The zero-order chi connectivity index (χ0) is 7.98. The molecule has 0 saturated carbocycles. The van der Waals surface area contributed by atoms with Crippen molar-refractivity contribution in [2.45, 2.75) is 13.8 Å². The van der Waals surface area contributed by atoms with Gasteiger partial charge in [0.05, 0.1) is 0 Å². The van der Waals surface area contributed by atoms with Crippen LogP contribution in [-0.2, 0) is 4.84 Å². The van der Waals surface area contributed by atoms with E-state index in [9.17, 15) is 0 Å². The minimum Gasteiger partial charge on any atom is -0.397 e. The molecule has 0 bridgehead atoms. The van der Waals surface area contributed by atoms with Crippen LogP contribution in [0.1, 0.15) is 13.8 Å². The maximum atomic E-state index is 7.57. The number of hydrogen-bond acceptors (Lipinski definition) is 4. The van der Waals surface area contributed by atoms with Crippen molar-refractivity contribution in [2.75, 3.05) is 6.61 Å². The Bertz CT molecular complexity index is 143. The predicted octanol–water partition coefficient (Wildman–Crippen LogP) is 0.409. The van der Waals surface area contributed by atoms with E-state index in [-0.39, 0.29) is 6.61 Å². The minimum absolute atomic E-state index is 0.250. The first-order valence-electron chi connectivity index (χ1n) is 2.98. The quantitative estimate of drug-likeness (QED) is 0.517. The second-order valence-electron chi connectivity index (χ2n) is 1.61. The van der Waals surface area contributed by atoms with Crippen molar-refractivity contribution < 1.29 is 9.94 Å². The lowest BCUT2D eigenvalue weighted by atomic mass is 10.7. The van der Waals surface area contributed by atoms with Gasteiger partial charge in [-0.05, 0) is 20.4 Å². The topological polar surface area (TPSA) is 53.9 Å². The molecule has 0 atom stereocenters. The van der Waals surface area contributed by atoms with Gasteiger partial charge in [0.1, 0.15) is 5.84 Å². The molecule has 58 valence electrons. The maximum absolute atomic E-state index is 7.57. The van der Waals surface area contributed by atoms with Crippen LogP contribution < -0.4 is 5.48 Å². The molecular weight excluding hydrogens is 132 g/mol. The van der Waals surface area contributed by atoms with Crippen LogP contribution in [0.4, 0.5) is 0 Å². The van der Waals surface area contributed by atoms with Gasteiger partial charge < -0.3 is 9.94 Å². The van der Waals surface area contributed by atoms with Gasteiger partial charge in [0.15, 0.2) is 0 Å². The molecule has 1 aliphatic heterocycles. The zero-order valence-corrected chi connectivity index (χ0v) is 6.22. The summed E-state index contributed by atoms with van der Waals surface area (Å²) in [5.74, 6) is 1.18. The van der Waals surface area contributed by atoms with E-state index >= 15 is 0 Å². The molecule has 0 aromatic carbocycles. The summed E-state index contributed by atoms with van der Waals surface area (Å²) in [6, 6.07) is 0. The Morgan fingerprint density at radius 1 is 1.80 bits per heavy atom. The first-order chi connectivity index (χ1) is 4.70. The second kappa shape index (κ2) is 4.81. The average Bonchev–Trinajstić information content (AvgIpc) is 2.17. The van der Waals surface area contributed by atoms with Gasteiger partial charge in [-0.15, -0.1) is 0 Å². The van der Waals surface area contributed by atoms with Crippen LogP contribution in [0.2, 0.25) is 0 Å². The smallest absolute Gasteiger partial charge is 0.240 e. The van der Waals surface area contributed by atoms with E-state index in [0.29, 0.717) is 5.88 Å². The van der Waals surface area contributed by atoms with E-state index in [1.165, 1.54) is 0 Å². The standard InChI is InChI=1S/C4H6N2O.C2H6O/c1-3-5-4(2)7-6-3;1-2-3/h2H2,1H3,(H,5,6);3H,2H2,1H3. The van der Waals surface area contributed by atoms with Crippen LogP contribution in [0.3, 0.4) is 0 Å². The number of rotatable bonds is 0. The third kappa shape index (κ3) is 3.91. The molecule has 0 aromatic heterocycles. The van der Waals surface area contributed by atoms with Crippen molar-refractivity contribution in [2.24, 2.45) is 4.99 Å². The van der Waals surface area contributed by atoms with Crippen molar-refractivity contribution in [3.8, 4) is 0 Å². The number of nitrogens with zero attached hydrogens (tertiary/aromatic N) is 1. The fraction of sp³-hybridized carbons (Fsp3) is 0.500. The van der Waals surface area contributed by atoms with E-state index in [2.05, 4.69) is 21.9 Å². The highest BCUT2D eigenvalue weighted by molar-refractivity contribution is 5.80. The third-order valence-electron chi connectivity index (χ3n) is 0.609. The number of hydrogen-bond donors (Lipinski definition) is 2. The lowest BCUT2D eigenvalue weighted by Gasteiger charge is -1.89. The van der Waals surface area contributed by atoms with Crippen molar-refractivity contribution in [3.05, 3.63) is 12.5 Å². The zero-order valence-electron chi connectivity index (χ0n) is 6.22. The molecular formula is C6H12N2O2. The second-order valence-corrected chi connectivity index (χ2v) is 1.61. The van der Waals surface area contributed by atoms with E-state index < -0.39 is 0 Å². The van der Waals surface area contributed by atoms with Gasteiger partial charge in [-0.3, -0.25) is 0 Å². The Labute approximate surface area is 60.2 Å². The van der Waals surface area contributed by atoms with Crippen molar-refractivity contribution in [1.82, 2.24) is 5.48 Å². The Kier molecular flexibility index (Phi) is 4.32. The molecule has 10 heavy (non-hydrogen) atoms. The highest BCUT2D eigenvalue weighted by atomic mass is 16.7. The molecule has 0 aromatic rings. The van der Waals surface area contributed by atoms with Crippen LogP contribution in [-0.4, -0.2) is 17.5 Å². The van der Waals surface area contributed by atoms with E-state index in [4.69, 9.17) is 5.11 Å². The van der Waals surface area contributed by atoms with Crippen LogP contribution >= 0.6 is 0 Å². The summed E-state index contributed by atoms with van der Waals surface area (Å²) in [7, 11) is 0. The average molecular weight is 144 g/mol. The lowest BCUT2D eigenvalue weighted by molar-refractivity contribution is 0.178. The molecule has 4 nitrogen and oxygen atoms in total. The van der Waals surface area contributed by atoms with Gasteiger partial charge in [0.25, 0.3) is 0 Å². The van der Waals surface area contributed by atoms with E-state index in [1.54, 1.807) is 13.8 Å². The molecule has 0 amide bonds. The summed E-state index contributed by atoms with van der Waals surface area (Å²) >= 11 is 0. The molecule has 0 unspecified atom stereocenters. The Hall–Kier alpha value is -1.03. The Morgan fingerprint density at radius 2 is 2.30 bits per heavy atom. The summed E-state index contributed by atoms with van der Waals surface area (Å²) in [5.41, 5.74) is 2.52. The van der Waals surface area contributed by atoms with Gasteiger partial charge in [-0.25, -0.2) is 5.48 Å². The number of nitrogens with one attached hydrogen (secondary N) is 1. The van der Waals surface area contributed by atoms with Crippen molar-refractivity contribution in [1.29, 1.82) is 0 Å². The molecule has 0 fully saturated rings. The van der Waals surface area contributed by atoms with Gasteiger partial charge >= 0.3 is 0 Å². The highest BCUT2D eigenvalue weighted by Crippen LogP contribution is 1.98. The molecule has 1 aliphatic rings. The van der Waals surface area contributed by atoms with Crippen molar-refractivity contribution >= 4 is 5.84 Å². The fourth-order valence-corrected chi connectivity index (χ4v) is 0.365. The number of hydroxylamine groups is 1. The molecule has 0 radical (unpaired) electrons. The molecule has 1 heterocycles. The Morgan fingerprint density at radius 3 is 2.40 bits per heavy atom. The van der Waals surface area contributed by atoms with Gasteiger partial charge in [-0.2, -0.15) is 4.99 Å². The summed E-state index contributed by atoms with van der Waals surface area (Å²) < 4.78 is 0. The van der Waals surface area contributed by atoms with Crippen LogP contribution in [0.15, 0.2) is 17.5 Å². The fourth-order valence-electron chi connectivity index (χ4n) is 0.365. The van der Waals surface area contributed by atoms with E-state index in [0.717, 1.165) is 5.84 Å². The number of aliphatic hydroxyl groups excluding tert-OH is 1. The van der Waals surface area contributed by atoms with Gasteiger partial charge in [-0.1, -0.05) is 0 Å². The predicted molar refractivity (Wildman–Crippen MR) is 39.2 cm³/mol. The first kappa shape index (κ1) is 8.97. The first-order valence-corrected chi connectivity index (χ1v) is 2.98. The SMILES string of the molecule is C=C1N=C(C)NO1.CCO. The van der Waals surface area contributed by atoms with Gasteiger partial charge in [0, 0.05) is 6.61 Å². The molecule has 4 heteroatoms. The number of aliphatic hydroxyl groups is 1. The summed E-state index contributed by atoms with van der Waals surface area (Å²) in [6.45, 7) is 7.17. The molecule has 0 saturated heterocycles. The monoisotopic (exact) mass is 144 g/mol. The lowest BCUT2D eigenvalue weighted by Crippen LogP contribution is -2.11. The van der Waals surface area contributed by atoms with Crippen molar-refractivity contribution in [3.63, 3.8) is 0 Å². The molecule has 0 aliphatic carbocycles. The molecule has 1 rings (SSSR count). The summed E-state index contributed by atoms with van der Waals surface area (Å²) in [4.78, 5) is 8.39. The number of aliphatic imine (C=N–C) groups is 1.